The van der Waals surface area contributed by atoms with Crippen LogP contribution in [0, 0.1) is 0 Å². The number of carbonyl (C=O) groups excluding carboxylic acids is 1. The molecule has 1 heterocycles. The molecule has 0 aromatic carbocycles. The fourth-order valence-electron chi connectivity index (χ4n) is 1.82. The standard InChI is InChI=1S/C11H20N2O5/c1-3-4-17-11-8(13-6(2)14)10(16)9(15)7(5-12)18-11/h3,7-11,15-16H,1,4-5,12H2,2H3,(H,13,14)/t7-,8-,9-,10-,11+/m1/s1. The molecule has 18 heavy (non-hydrogen) atoms. The van der Waals surface area contributed by atoms with Crippen molar-refractivity contribution < 1.29 is 24.5 Å². The Kier molecular flexibility index (Phi) is 5.70. The molecule has 7 nitrogen and oxygen atoms in total. The normalized spacial score (nSPS) is 36.1. The van der Waals surface area contributed by atoms with Gasteiger partial charge in [-0.25, -0.2) is 0 Å². The maximum absolute atomic E-state index is 11.1. The van der Waals surface area contributed by atoms with E-state index in [-0.39, 0.29) is 19.1 Å². The topological polar surface area (TPSA) is 114 Å². The lowest BCUT2D eigenvalue weighted by Gasteiger charge is -2.42. The van der Waals surface area contributed by atoms with Crippen molar-refractivity contribution in [2.24, 2.45) is 5.73 Å². The molecule has 1 saturated heterocycles. The monoisotopic (exact) mass is 260 g/mol. The number of amides is 1. The summed E-state index contributed by atoms with van der Waals surface area (Å²) in [5.74, 6) is -0.353. The predicted molar refractivity (Wildman–Crippen MR) is 63.5 cm³/mol. The summed E-state index contributed by atoms with van der Waals surface area (Å²) in [5, 5.41) is 22.2. The molecule has 1 amide bonds. The van der Waals surface area contributed by atoms with Crippen LogP contribution in [0.3, 0.4) is 0 Å². The van der Waals surface area contributed by atoms with Crippen LogP contribution in [0.5, 0.6) is 0 Å². The van der Waals surface area contributed by atoms with Crippen LogP contribution in [0.15, 0.2) is 12.7 Å². The van der Waals surface area contributed by atoms with Crippen LogP contribution in [0.2, 0.25) is 0 Å². The molecule has 5 atom stereocenters. The van der Waals surface area contributed by atoms with Gasteiger partial charge in [-0.05, 0) is 0 Å². The zero-order valence-corrected chi connectivity index (χ0v) is 10.3. The number of ether oxygens (including phenoxy) is 2. The minimum absolute atomic E-state index is 0.0406. The van der Waals surface area contributed by atoms with Crippen LogP contribution < -0.4 is 11.1 Å². The number of nitrogens with one attached hydrogen (secondary N) is 1. The summed E-state index contributed by atoms with van der Waals surface area (Å²) < 4.78 is 10.7. The van der Waals surface area contributed by atoms with Crippen LogP contribution in [-0.2, 0) is 14.3 Å². The van der Waals surface area contributed by atoms with Crippen molar-refractivity contribution in [1.29, 1.82) is 0 Å². The number of aliphatic hydroxyl groups is 2. The van der Waals surface area contributed by atoms with Crippen molar-refractivity contribution in [1.82, 2.24) is 5.32 Å². The Morgan fingerprint density at radius 2 is 2.22 bits per heavy atom. The quantitative estimate of drug-likeness (QED) is 0.429. The number of carbonyl (C=O) groups is 1. The second-order valence-corrected chi connectivity index (χ2v) is 4.11. The predicted octanol–water partition coefficient (Wildman–Crippen LogP) is -1.90. The van der Waals surface area contributed by atoms with Crippen LogP contribution in [0.25, 0.3) is 0 Å². The van der Waals surface area contributed by atoms with E-state index < -0.39 is 30.6 Å². The Labute approximate surface area is 106 Å². The molecule has 0 aromatic rings. The van der Waals surface area contributed by atoms with Gasteiger partial charge >= 0.3 is 0 Å². The lowest BCUT2D eigenvalue weighted by molar-refractivity contribution is -0.258. The van der Waals surface area contributed by atoms with E-state index in [1.807, 2.05) is 0 Å². The van der Waals surface area contributed by atoms with E-state index in [2.05, 4.69) is 11.9 Å². The van der Waals surface area contributed by atoms with Crippen molar-refractivity contribution in [2.45, 2.75) is 37.6 Å². The molecule has 0 radical (unpaired) electrons. The first-order valence-electron chi connectivity index (χ1n) is 5.72. The smallest absolute Gasteiger partial charge is 0.217 e. The zero-order chi connectivity index (χ0) is 13.7. The summed E-state index contributed by atoms with van der Waals surface area (Å²) in [6.07, 6.45) is -2.47. The Balaban J connectivity index is 2.79. The SMILES string of the molecule is C=CCO[C@H]1O[C@H](CN)[C@@H](O)[C@H](O)[C@H]1NC(C)=O. The maximum atomic E-state index is 11.1. The summed E-state index contributed by atoms with van der Waals surface area (Å²) in [6.45, 7) is 5.04. The second-order valence-electron chi connectivity index (χ2n) is 4.11. The third-order valence-corrected chi connectivity index (χ3v) is 2.68. The number of hydrogen-bond donors (Lipinski definition) is 4. The van der Waals surface area contributed by atoms with E-state index in [1.54, 1.807) is 0 Å². The number of rotatable bonds is 5. The van der Waals surface area contributed by atoms with Gasteiger partial charge in [0.1, 0.15) is 24.4 Å². The summed E-state index contributed by atoms with van der Waals surface area (Å²) >= 11 is 0. The molecule has 0 bridgehead atoms. The van der Waals surface area contributed by atoms with Gasteiger partial charge in [0.2, 0.25) is 5.91 Å². The molecule has 1 aliphatic heterocycles. The van der Waals surface area contributed by atoms with E-state index in [0.717, 1.165) is 0 Å². The van der Waals surface area contributed by atoms with Crippen molar-refractivity contribution >= 4 is 5.91 Å². The number of nitrogens with two attached hydrogens (primary N) is 1. The average Bonchev–Trinajstić information content (AvgIpc) is 2.33. The molecule has 5 N–H and O–H groups in total. The molecule has 7 heteroatoms. The summed E-state index contributed by atoms with van der Waals surface area (Å²) in [4.78, 5) is 11.1. The zero-order valence-electron chi connectivity index (χ0n) is 10.3. The fraction of sp³-hybridized carbons (Fsp3) is 0.727. The number of aliphatic hydroxyl groups excluding tert-OH is 2. The van der Waals surface area contributed by atoms with Gasteiger partial charge in [0, 0.05) is 13.5 Å². The molecule has 104 valence electrons. The van der Waals surface area contributed by atoms with E-state index in [0.29, 0.717) is 0 Å². The summed E-state index contributed by atoms with van der Waals surface area (Å²) in [5.41, 5.74) is 5.43. The Bertz CT molecular complexity index is 299. The summed E-state index contributed by atoms with van der Waals surface area (Å²) in [7, 11) is 0. The fourth-order valence-corrected chi connectivity index (χ4v) is 1.82. The molecule has 0 spiro atoms. The third kappa shape index (κ3) is 3.50. The molecular formula is C11H20N2O5. The molecule has 1 rings (SSSR count). The molecule has 0 saturated carbocycles. The van der Waals surface area contributed by atoms with Gasteiger partial charge < -0.3 is 30.7 Å². The first-order valence-corrected chi connectivity index (χ1v) is 5.72. The minimum Gasteiger partial charge on any atom is -0.388 e. The summed E-state index contributed by atoms with van der Waals surface area (Å²) in [6, 6.07) is -0.847. The van der Waals surface area contributed by atoms with Crippen LogP contribution in [0.4, 0.5) is 0 Å². The Morgan fingerprint density at radius 1 is 1.56 bits per heavy atom. The van der Waals surface area contributed by atoms with Crippen molar-refractivity contribution in [2.75, 3.05) is 13.2 Å². The molecule has 0 aliphatic carbocycles. The van der Waals surface area contributed by atoms with Crippen molar-refractivity contribution in [3.05, 3.63) is 12.7 Å². The van der Waals surface area contributed by atoms with Crippen LogP contribution >= 0.6 is 0 Å². The lowest BCUT2D eigenvalue weighted by atomic mass is 9.96. The van der Waals surface area contributed by atoms with E-state index >= 15 is 0 Å². The highest BCUT2D eigenvalue weighted by Gasteiger charge is 2.44. The molecule has 1 aliphatic rings. The van der Waals surface area contributed by atoms with Crippen LogP contribution in [0.1, 0.15) is 6.92 Å². The largest absolute Gasteiger partial charge is 0.388 e. The third-order valence-electron chi connectivity index (χ3n) is 2.68. The van der Waals surface area contributed by atoms with Gasteiger partial charge in [-0.1, -0.05) is 6.08 Å². The maximum Gasteiger partial charge on any atom is 0.217 e. The Hall–Kier alpha value is -0.990. The highest BCUT2D eigenvalue weighted by molar-refractivity contribution is 5.73. The van der Waals surface area contributed by atoms with Crippen LogP contribution in [-0.4, -0.2) is 59.9 Å². The van der Waals surface area contributed by atoms with E-state index in [1.165, 1.54) is 13.0 Å². The molecular weight excluding hydrogens is 240 g/mol. The highest BCUT2D eigenvalue weighted by atomic mass is 16.7. The molecule has 1 fully saturated rings. The van der Waals surface area contributed by atoms with Gasteiger partial charge in [0.15, 0.2) is 6.29 Å². The first-order chi connectivity index (χ1) is 8.51. The minimum atomic E-state index is -1.20. The molecule has 0 aromatic heterocycles. The lowest BCUT2D eigenvalue weighted by Crippen LogP contribution is -2.65. The molecule has 0 unspecified atom stereocenters. The van der Waals surface area contributed by atoms with Gasteiger partial charge in [-0.2, -0.15) is 0 Å². The number of hydrogen-bond acceptors (Lipinski definition) is 6. The van der Waals surface area contributed by atoms with Crippen molar-refractivity contribution in [3.8, 4) is 0 Å². The van der Waals surface area contributed by atoms with Gasteiger partial charge in [0.05, 0.1) is 6.61 Å². The van der Waals surface area contributed by atoms with Gasteiger partial charge in [0.25, 0.3) is 0 Å². The van der Waals surface area contributed by atoms with E-state index in [4.69, 9.17) is 15.2 Å². The van der Waals surface area contributed by atoms with Crippen molar-refractivity contribution in [3.63, 3.8) is 0 Å². The van der Waals surface area contributed by atoms with E-state index in [9.17, 15) is 15.0 Å². The van der Waals surface area contributed by atoms with Gasteiger partial charge in [-0.15, -0.1) is 6.58 Å². The first kappa shape index (κ1) is 15.1. The highest BCUT2D eigenvalue weighted by Crippen LogP contribution is 2.21. The average molecular weight is 260 g/mol. The Morgan fingerprint density at radius 3 is 2.72 bits per heavy atom. The second kappa shape index (κ2) is 6.81. The van der Waals surface area contributed by atoms with Gasteiger partial charge in [-0.3, -0.25) is 4.79 Å².